The second-order valence-corrected chi connectivity index (χ2v) is 5.35. The Bertz CT molecular complexity index is 608. The summed E-state index contributed by atoms with van der Waals surface area (Å²) in [6.07, 6.45) is 1.59. The van der Waals surface area contributed by atoms with Gasteiger partial charge in [-0.2, -0.15) is 0 Å². The third kappa shape index (κ3) is 2.46. The van der Waals surface area contributed by atoms with Gasteiger partial charge >= 0.3 is 0 Å². The number of hydrogen-bond acceptors (Lipinski definition) is 5. The average Bonchev–Trinajstić information content (AvgIpc) is 3.04. The summed E-state index contributed by atoms with van der Waals surface area (Å²) in [4.78, 5) is 15.6. The van der Waals surface area contributed by atoms with Crippen molar-refractivity contribution in [2.24, 2.45) is 0 Å². The number of fused-ring (bicyclic) bond motifs is 1. The molecule has 5 heteroatoms. The molecule has 1 aliphatic rings. The van der Waals surface area contributed by atoms with Crippen molar-refractivity contribution in [2.45, 2.75) is 19.3 Å². The van der Waals surface area contributed by atoms with Gasteiger partial charge in [-0.15, -0.1) is 11.3 Å². The van der Waals surface area contributed by atoms with Crippen molar-refractivity contribution in [3.8, 4) is 11.5 Å². The highest BCUT2D eigenvalue weighted by molar-refractivity contribution is 7.09. The van der Waals surface area contributed by atoms with Gasteiger partial charge in [-0.1, -0.05) is 6.07 Å². The van der Waals surface area contributed by atoms with Crippen molar-refractivity contribution in [3.63, 3.8) is 0 Å². The van der Waals surface area contributed by atoms with Crippen molar-refractivity contribution in [1.29, 1.82) is 0 Å². The standard InChI is InChI=1S/C14H13NO3S/c1-9-7-19-14(15-9)11(6-16)4-10-2-3-12-13(5-10)18-8-17-12/h2-3,5-7,11H,4,8H2,1H3. The van der Waals surface area contributed by atoms with Crippen LogP contribution in [0.4, 0.5) is 0 Å². The number of aromatic nitrogens is 1. The number of aryl methyl sites for hydroxylation is 1. The van der Waals surface area contributed by atoms with Crippen LogP contribution in [0.2, 0.25) is 0 Å². The molecule has 1 unspecified atom stereocenters. The van der Waals surface area contributed by atoms with E-state index < -0.39 is 0 Å². The molecule has 98 valence electrons. The van der Waals surface area contributed by atoms with E-state index in [2.05, 4.69) is 4.98 Å². The molecular weight excluding hydrogens is 262 g/mol. The minimum atomic E-state index is -0.195. The lowest BCUT2D eigenvalue weighted by atomic mass is 10.0. The van der Waals surface area contributed by atoms with Crippen LogP contribution in [0.3, 0.4) is 0 Å². The van der Waals surface area contributed by atoms with E-state index in [-0.39, 0.29) is 12.7 Å². The molecule has 1 aromatic carbocycles. The molecule has 0 spiro atoms. The second kappa shape index (κ2) is 5.01. The molecule has 0 bridgehead atoms. The number of aldehydes is 1. The molecule has 1 aliphatic heterocycles. The maximum absolute atomic E-state index is 11.3. The van der Waals surface area contributed by atoms with Gasteiger partial charge in [-0.3, -0.25) is 0 Å². The van der Waals surface area contributed by atoms with Crippen LogP contribution >= 0.6 is 11.3 Å². The van der Waals surface area contributed by atoms with E-state index in [1.165, 1.54) is 11.3 Å². The van der Waals surface area contributed by atoms with E-state index in [1.54, 1.807) is 0 Å². The molecule has 3 rings (SSSR count). The molecular formula is C14H13NO3S. The Kier molecular flexibility index (Phi) is 3.21. The number of carbonyl (C=O) groups excluding carboxylic acids is 1. The molecule has 2 aromatic rings. The summed E-state index contributed by atoms with van der Waals surface area (Å²) in [5, 5.41) is 2.83. The Morgan fingerprint density at radius 1 is 1.42 bits per heavy atom. The minimum absolute atomic E-state index is 0.195. The Morgan fingerprint density at radius 2 is 2.26 bits per heavy atom. The third-order valence-corrected chi connectivity index (χ3v) is 4.11. The minimum Gasteiger partial charge on any atom is -0.454 e. The lowest BCUT2D eigenvalue weighted by Crippen LogP contribution is -2.04. The van der Waals surface area contributed by atoms with E-state index in [0.29, 0.717) is 6.42 Å². The Morgan fingerprint density at radius 3 is 3.00 bits per heavy atom. The van der Waals surface area contributed by atoms with Crippen molar-refractivity contribution >= 4 is 17.6 Å². The number of carbonyl (C=O) groups is 1. The van der Waals surface area contributed by atoms with Crippen molar-refractivity contribution < 1.29 is 14.3 Å². The van der Waals surface area contributed by atoms with Crippen molar-refractivity contribution in [2.75, 3.05) is 6.79 Å². The number of ether oxygens (including phenoxy) is 2. The number of thiazole rings is 1. The maximum Gasteiger partial charge on any atom is 0.231 e. The van der Waals surface area contributed by atoms with Gasteiger partial charge in [0.15, 0.2) is 11.5 Å². The Balaban J connectivity index is 1.81. The molecule has 0 aliphatic carbocycles. The predicted octanol–water partition coefficient (Wildman–Crippen LogP) is 2.71. The summed E-state index contributed by atoms with van der Waals surface area (Å²) in [6.45, 7) is 2.20. The van der Waals surface area contributed by atoms with Gasteiger partial charge in [0.25, 0.3) is 0 Å². The van der Waals surface area contributed by atoms with Crippen LogP contribution in [-0.2, 0) is 11.2 Å². The summed E-state index contributed by atoms with van der Waals surface area (Å²) in [5.74, 6) is 1.31. The Hall–Kier alpha value is -1.88. The van der Waals surface area contributed by atoms with Gasteiger partial charge < -0.3 is 14.3 Å². The lowest BCUT2D eigenvalue weighted by Gasteiger charge is -2.08. The highest BCUT2D eigenvalue weighted by Crippen LogP contribution is 2.34. The lowest BCUT2D eigenvalue weighted by molar-refractivity contribution is -0.109. The summed E-state index contributed by atoms with van der Waals surface area (Å²) in [7, 11) is 0. The summed E-state index contributed by atoms with van der Waals surface area (Å²) >= 11 is 1.53. The summed E-state index contributed by atoms with van der Waals surface area (Å²) in [6, 6.07) is 5.77. The van der Waals surface area contributed by atoms with E-state index in [1.807, 2.05) is 30.5 Å². The molecule has 0 N–H and O–H groups in total. The molecule has 0 saturated carbocycles. The van der Waals surface area contributed by atoms with Gasteiger partial charge in [0.2, 0.25) is 6.79 Å². The maximum atomic E-state index is 11.3. The molecule has 1 atom stereocenters. The smallest absolute Gasteiger partial charge is 0.231 e. The van der Waals surface area contributed by atoms with E-state index in [0.717, 1.165) is 34.1 Å². The predicted molar refractivity (Wildman–Crippen MR) is 71.9 cm³/mol. The molecule has 4 nitrogen and oxygen atoms in total. The number of nitrogens with zero attached hydrogens (tertiary/aromatic N) is 1. The van der Waals surface area contributed by atoms with Crippen LogP contribution in [0.15, 0.2) is 23.6 Å². The Labute approximate surface area is 115 Å². The highest BCUT2D eigenvalue weighted by atomic mass is 32.1. The summed E-state index contributed by atoms with van der Waals surface area (Å²) < 4.78 is 10.6. The van der Waals surface area contributed by atoms with Crippen LogP contribution in [0.5, 0.6) is 11.5 Å². The highest BCUT2D eigenvalue weighted by Gasteiger charge is 2.18. The fourth-order valence-corrected chi connectivity index (χ4v) is 2.91. The first-order chi connectivity index (χ1) is 9.26. The van der Waals surface area contributed by atoms with Gasteiger partial charge in [0, 0.05) is 11.1 Å². The zero-order chi connectivity index (χ0) is 13.2. The van der Waals surface area contributed by atoms with E-state index in [9.17, 15) is 4.79 Å². The first-order valence-corrected chi connectivity index (χ1v) is 6.90. The van der Waals surface area contributed by atoms with E-state index in [4.69, 9.17) is 9.47 Å². The normalized spacial score (nSPS) is 14.4. The topological polar surface area (TPSA) is 48.4 Å². The van der Waals surface area contributed by atoms with Crippen LogP contribution in [0.25, 0.3) is 0 Å². The zero-order valence-electron chi connectivity index (χ0n) is 10.5. The molecule has 19 heavy (non-hydrogen) atoms. The number of benzene rings is 1. The quantitative estimate of drug-likeness (QED) is 0.805. The van der Waals surface area contributed by atoms with Crippen LogP contribution < -0.4 is 9.47 Å². The fraction of sp³-hybridized carbons (Fsp3) is 0.286. The van der Waals surface area contributed by atoms with Crippen molar-refractivity contribution in [3.05, 3.63) is 39.8 Å². The SMILES string of the molecule is Cc1csc(C(C=O)Cc2ccc3c(c2)OCO3)n1. The summed E-state index contributed by atoms with van der Waals surface area (Å²) in [5.41, 5.74) is 2.01. The van der Waals surface area contributed by atoms with Crippen LogP contribution in [0.1, 0.15) is 22.2 Å². The van der Waals surface area contributed by atoms with Crippen LogP contribution in [0, 0.1) is 6.92 Å². The molecule has 0 radical (unpaired) electrons. The first-order valence-electron chi connectivity index (χ1n) is 6.02. The third-order valence-electron chi connectivity index (χ3n) is 3.01. The molecule has 2 heterocycles. The number of rotatable bonds is 4. The molecule has 1 aromatic heterocycles. The largest absolute Gasteiger partial charge is 0.454 e. The number of hydrogen-bond donors (Lipinski definition) is 0. The second-order valence-electron chi connectivity index (χ2n) is 4.46. The monoisotopic (exact) mass is 275 g/mol. The average molecular weight is 275 g/mol. The zero-order valence-corrected chi connectivity index (χ0v) is 11.3. The van der Waals surface area contributed by atoms with Gasteiger partial charge in [-0.05, 0) is 31.0 Å². The van der Waals surface area contributed by atoms with Gasteiger partial charge in [-0.25, -0.2) is 4.98 Å². The van der Waals surface area contributed by atoms with E-state index >= 15 is 0 Å². The molecule has 0 amide bonds. The first kappa shape index (κ1) is 12.2. The molecule has 0 fully saturated rings. The van der Waals surface area contributed by atoms with Gasteiger partial charge in [0.05, 0.1) is 5.92 Å². The van der Waals surface area contributed by atoms with Gasteiger partial charge in [0.1, 0.15) is 11.3 Å². The molecule has 0 saturated heterocycles. The fourth-order valence-electron chi connectivity index (χ4n) is 2.06. The van der Waals surface area contributed by atoms with Crippen molar-refractivity contribution in [1.82, 2.24) is 4.98 Å². The van der Waals surface area contributed by atoms with Crippen LogP contribution in [-0.4, -0.2) is 18.1 Å².